The Kier molecular flexibility index (Phi) is 5.13. The highest BCUT2D eigenvalue weighted by Crippen LogP contribution is 2.62. The zero-order chi connectivity index (χ0) is 19.3. The van der Waals surface area contributed by atoms with Gasteiger partial charge in [0.25, 0.3) is 0 Å². The number of ether oxygens (including phenoxy) is 1. The van der Waals surface area contributed by atoms with Crippen molar-refractivity contribution in [1.82, 2.24) is 0 Å². The van der Waals surface area contributed by atoms with Gasteiger partial charge in [-0.1, -0.05) is 6.92 Å². The fourth-order valence-corrected chi connectivity index (χ4v) is 5.76. The van der Waals surface area contributed by atoms with E-state index in [9.17, 15) is 23.1 Å². The Morgan fingerprint density at radius 1 is 1.12 bits per heavy atom. The predicted octanol–water partition coefficient (Wildman–Crippen LogP) is 4.86. The summed E-state index contributed by atoms with van der Waals surface area (Å²) in [4.78, 5) is 12.6. The van der Waals surface area contributed by atoms with Gasteiger partial charge in [0.05, 0.1) is 5.41 Å². The van der Waals surface area contributed by atoms with Gasteiger partial charge in [0.15, 0.2) is 6.10 Å². The number of aliphatic hydroxyl groups excluding tert-OH is 1. The van der Waals surface area contributed by atoms with Crippen molar-refractivity contribution in [1.29, 1.82) is 0 Å². The highest BCUT2D eigenvalue weighted by molar-refractivity contribution is 5.76. The van der Waals surface area contributed by atoms with Gasteiger partial charge in [0.2, 0.25) is 0 Å². The van der Waals surface area contributed by atoms with E-state index in [-0.39, 0.29) is 5.41 Å². The number of rotatable bonds is 6. The summed E-state index contributed by atoms with van der Waals surface area (Å²) in [6.07, 6.45) is -2.03. The summed E-state index contributed by atoms with van der Waals surface area (Å²) in [5.74, 6) is 1.15. The van der Waals surface area contributed by atoms with Crippen molar-refractivity contribution in [2.75, 3.05) is 0 Å². The molecular weight excluding hydrogens is 345 g/mol. The predicted molar refractivity (Wildman–Crippen MR) is 91.2 cm³/mol. The monoisotopic (exact) mass is 376 g/mol. The molecule has 4 fully saturated rings. The number of halogens is 3. The lowest BCUT2D eigenvalue weighted by Gasteiger charge is -2.59. The maximum absolute atomic E-state index is 13.0. The smallest absolute Gasteiger partial charge is 0.414 e. The molecule has 0 heterocycles. The summed E-state index contributed by atoms with van der Waals surface area (Å²) in [7, 11) is 0. The molecular formula is C20H31F3O3. The molecule has 0 aliphatic heterocycles. The number of hydrogen-bond donors (Lipinski definition) is 1. The minimum atomic E-state index is -4.69. The van der Waals surface area contributed by atoms with Gasteiger partial charge in [-0.2, -0.15) is 13.2 Å². The van der Waals surface area contributed by atoms with Gasteiger partial charge in [-0.15, -0.1) is 0 Å². The summed E-state index contributed by atoms with van der Waals surface area (Å²) in [6, 6.07) is 0. The second-order valence-electron chi connectivity index (χ2n) is 9.70. The Morgan fingerprint density at radius 2 is 1.58 bits per heavy atom. The van der Waals surface area contributed by atoms with Crippen LogP contribution in [0.1, 0.15) is 72.1 Å². The third kappa shape index (κ3) is 3.76. The molecule has 2 atom stereocenters. The lowest BCUT2D eigenvalue weighted by Crippen LogP contribution is -2.54. The minimum Gasteiger partial charge on any atom is -0.461 e. The van der Waals surface area contributed by atoms with Crippen LogP contribution >= 0.6 is 0 Å². The third-order valence-electron chi connectivity index (χ3n) is 7.27. The molecule has 26 heavy (non-hydrogen) atoms. The van der Waals surface area contributed by atoms with Gasteiger partial charge in [0, 0.05) is 11.8 Å². The molecule has 0 radical (unpaired) electrons. The number of carbonyl (C=O) groups is 1. The largest absolute Gasteiger partial charge is 0.461 e. The average molecular weight is 376 g/mol. The second-order valence-corrected chi connectivity index (χ2v) is 9.70. The lowest BCUT2D eigenvalue weighted by molar-refractivity contribution is -0.228. The Bertz CT molecular complexity index is 506. The van der Waals surface area contributed by atoms with Crippen molar-refractivity contribution in [2.24, 2.45) is 28.6 Å². The molecule has 150 valence electrons. The van der Waals surface area contributed by atoms with Crippen LogP contribution in [0.4, 0.5) is 13.2 Å². The molecule has 2 unspecified atom stereocenters. The van der Waals surface area contributed by atoms with E-state index in [1.54, 1.807) is 13.8 Å². The molecule has 6 heteroatoms. The van der Waals surface area contributed by atoms with E-state index in [0.29, 0.717) is 24.2 Å². The van der Waals surface area contributed by atoms with Gasteiger partial charge in [0.1, 0.15) is 6.10 Å². The third-order valence-corrected chi connectivity index (χ3v) is 7.27. The van der Waals surface area contributed by atoms with E-state index in [4.69, 9.17) is 4.74 Å². The minimum absolute atomic E-state index is 0.388. The van der Waals surface area contributed by atoms with E-state index in [2.05, 4.69) is 0 Å². The molecule has 0 saturated heterocycles. The molecule has 4 bridgehead atoms. The average Bonchev–Trinajstić information content (AvgIpc) is 2.51. The van der Waals surface area contributed by atoms with E-state index >= 15 is 0 Å². The molecule has 0 spiro atoms. The SMILES string of the molecule is CCC(C)(C)C(=O)OC(CC(O)C(F)(F)F)C12CC3CC(CC(C3)C1)C2. The van der Waals surface area contributed by atoms with Crippen LogP contribution in [-0.2, 0) is 9.53 Å². The normalized spacial score (nSPS) is 36.0. The van der Waals surface area contributed by atoms with Crippen LogP contribution in [0.5, 0.6) is 0 Å². The van der Waals surface area contributed by atoms with Crippen molar-refractivity contribution in [3.63, 3.8) is 0 Å². The van der Waals surface area contributed by atoms with Crippen molar-refractivity contribution < 1.29 is 27.8 Å². The Morgan fingerprint density at radius 3 is 1.96 bits per heavy atom. The van der Waals surface area contributed by atoms with Crippen molar-refractivity contribution in [3.05, 3.63) is 0 Å². The molecule has 0 aromatic carbocycles. The summed E-state index contributed by atoms with van der Waals surface area (Å²) in [5, 5.41) is 9.71. The summed E-state index contributed by atoms with van der Waals surface area (Å²) in [5.41, 5.74) is -1.12. The standard InChI is InChI=1S/C20H31F3O3/c1-4-18(2,3)17(25)26-16(8-15(24)20(21,22)23)19-9-12-5-13(10-19)7-14(6-12)11-19/h12-16,24H,4-11H2,1-3H3. The molecule has 0 aromatic rings. The second kappa shape index (κ2) is 6.68. The first-order chi connectivity index (χ1) is 11.9. The molecule has 1 N–H and O–H groups in total. The number of esters is 1. The van der Waals surface area contributed by atoms with Crippen molar-refractivity contribution in [3.8, 4) is 0 Å². The number of aliphatic hydroxyl groups is 1. The quantitative estimate of drug-likeness (QED) is 0.673. The van der Waals surface area contributed by atoms with Gasteiger partial charge < -0.3 is 9.84 Å². The Labute approximate surface area is 153 Å². The molecule has 0 aromatic heterocycles. The van der Waals surface area contributed by atoms with E-state index in [1.165, 1.54) is 0 Å². The van der Waals surface area contributed by atoms with Crippen LogP contribution in [0.3, 0.4) is 0 Å². The molecule has 4 aliphatic rings. The lowest BCUT2D eigenvalue weighted by atomic mass is 9.48. The van der Waals surface area contributed by atoms with Gasteiger partial charge in [-0.25, -0.2) is 0 Å². The van der Waals surface area contributed by atoms with Gasteiger partial charge >= 0.3 is 12.1 Å². The zero-order valence-corrected chi connectivity index (χ0v) is 15.9. The van der Waals surface area contributed by atoms with Crippen LogP contribution < -0.4 is 0 Å². The summed E-state index contributed by atoms with van der Waals surface area (Å²) in [6.45, 7) is 5.38. The van der Waals surface area contributed by atoms with Crippen LogP contribution in [-0.4, -0.2) is 29.5 Å². The number of hydrogen-bond acceptors (Lipinski definition) is 3. The Balaban J connectivity index is 1.84. The van der Waals surface area contributed by atoms with Crippen LogP contribution in [0.25, 0.3) is 0 Å². The summed E-state index contributed by atoms with van der Waals surface area (Å²) >= 11 is 0. The molecule has 0 amide bonds. The highest BCUT2D eigenvalue weighted by Gasteiger charge is 2.57. The topological polar surface area (TPSA) is 46.5 Å². The first kappa shape index (κ1) is 20.0. The fraction of sp³-hybridized carbons (Fsp3) is 0.950. The number of alkyl halides is 3. The van der Waals surface area contributed by atoms with E-state index < -0.39 is 36.2 Å². The van der Waals surface area contributed by atoms with E-state index in [0.717, 1.165) is 38.5 Å². The molecule has 4 rings (SSSR count). The fourth-order valence-electron chi connectivity index (χ4n) is 5.76. The first-order valence-electron chi connectivity index (χ1n) is 9.91. The maximum Gasteiger partial charge on any atom is 0.414 e. The number of carbonyl (C=O) groups excluding carboxylic acids is 1. The molecule has 3 nitrogen and oxygen atoms in total. The van der Waals surface area contributed by atoms with Crippen LogP contribution in [0.15, 0.2) is 0 Å². The summed E-state index contributed by atoms with van der Waals surface area (Å²) < 4.78 is 44.8. The van der Waals surface area contributed by atoms with E-state index in [1.807, 2.05) is 6.92 Å². The van der Waals surface area contributed by atoms with Gasteiger partial charge in [-0.05, 0) is 76.5 Å². The van der Waals surface area contributed by atoms with Crippen molar-refractivity contribution in [2.45, 2.75) is 90.5 Å². The van der Waals surface area contributed by atoms with Crippen LogP contribution in [0.2, 0.25) is 0 Å². The molecule has 4 saturated carbocycles. The van der Waals surface area contributed by atoms with Gasteiger partial charge in [-0.3, -0.25) is 4.79 Å². The first-order valence-corrected chi connectivity index (χ1v) is 9.91. The van der Waals surface area contributed by atoms with Crippen LogP contribution in [0, 0.1) is 28.6 Å². The highest BCUT2D eigenvalue weighted by atomic mass is 19.4. The zero-order valence-electron chi connectivity index (χ0n) is 15.9. The Hall–Kier alpha value is -0.780. The molecule has 4 aliphatic carbocycles. The maximum atomic E-state index is 13.0. The van der Waals surface area contributed by atoms with Crippen molar-refractivity contribution >= 4 is 5.97 Å².